The third-order valence-corrected chi connectivity index (χ3v) is 5.79. The van der Waals surface area contributed by atoms with E-state index in [1.807, 2.05) is 0 Å². The molecular formula is C17H27N3O4S. The number of sulfone groups is 1. The molecule has 3 rings (SSSR count). The quantitative estimate of drug-likeness (QED) is 0.844. The van der Waals surface area contributed by atoms with Gasteiger partial charge in [0, 0.05) is 6.26 Å². The molecule has 1 saturated heterocycles. The molecule has 25 heavy (non-hydrogen) atoms. The van der Waals surface area contributed by atoms with Crippen molar-refractivity contribution in [2.75, 3.05) is 19.3 Å². The van der Waals surface area contributed by atoms with Crippen molar-refractivity contribution in [3.8, 4) is 5.88 Å². The first-order chi connectivity index (χ1) is 11.9. The Balaban J connectivity index is 1.50. The number of aryl methyl sites for hydroxylation is 1. The number of aromatic nitrogens is 2. The molecule has 0 spiro atoms. The number of hydrogen-bond acceptors (Lipinski definition) is 7. The summed E-state index contributed by atoms with van der Waals surface area (Å²) in [5, 5.41) is 3.34. The van der Waals surface area contributed by atoms with Gasteiger partial charge < -0.3 is 14.8 Å². The van der Waals surface area contributed by atoms with Crippen LogP contribution in [0.2, 0.25) is 0 Å². The van der Waals surface area contributed by atoms with Crippen LogP contribution in [-0.4, -0.2) is 56.0 Å². The van der Waals surface area contributed by atoms with Crippen molar-refractivity contribution in [3.05, 3.63) is 11.9 Å². The SMILES string of the molecule is Cc1nc(S(C)(=O)=O)cnc1O[C@H]1CC[C@H](OC2CCNCC2)CC1. The summed E-state index contributed by atoms with van der Waals surface area (Å²) >= 11 is 0. The molecule has 140 valence electrons. The Labute approximate surface area is 149 Å². The van der Waals surface area contributed by atoms with Crippen LogP contribution < -0.4 is 10.1 Å². The molecule has 1 aliphatic heterocycles. The van der Waals surface area contributed by atoms with E-state index in [4.69, 9.17) is 9.47 Å². The van der Waals surface area contributed by atoms with Gasteiger partial charge in [-0.05, 0) is 58.5 Å². The van der Waals surface area contributed by atoms with Gasteiger partial charge in [0.15, 0.2) is 14.9 Å². The molecule has 7 nitrogen and oxygen atoms in total. The first kappa shape index (κ1) is 18.5. The molecule has 0 atom stereocenters. The Hall–Kier alpha value is -1.25. The topological polar surface area (TPSA) is 90.4 Å². The summed E-state index contributed by atoms with van der Waals surface area (Å²) in [5.41, 5.74) is 0.510. The maximum atomic E-state index is 11.5. The zero-order valence-electron chi connectivity index (χ0n) is 14.9. The predicted octanol–water partition coefficient (Wildman–Crippen LogP) is 1.65. The van der Waals surface area contributed by atoms with Gasteiger partial charge in [0.05, 0.1) is 18.4 Å². The molecular weight excluding hydrogens is 342 g/mol. The summed E-state index contributed by atoms with van der Waals surface area (Å²) in [5.74, 6) is 0.426. The molecule has 2 aliphatic rings. The minimum atomic E-state index is -3.35. The first-order valence-electron chi connectivity index (χ1n) is 8.98. The number of nitrogens with one attached hydrogen (secondary N) is 1. The average Bonchev–Trinajstić information content (AvgIpc) is 2.58. The fraction of sp³-hybridized carbons (Fsp3) is 0.765. The molecule has 1 aromatic heterocycles. The van der Waals surface area contributed by atoms with Crippen LogP contribution in [0.25, 0.3) is 0 Å². The van der Waals surface area contributed by atoms with E-state index in [1.54, 1.807) is 6.92 Å². The lowest BCUT2D eigenvalue weighted by molar-refractivity contribution is -0.0552. The van der Waals surface area contributed by atoms with E-state index >= 15 is 0 Å². The molecule has 8 heteroatoms. The lowest BCUT2D eigenvalue weighted by Crippen LogP contribution is -2.37. The molecule has 1 N–H and O–H groups in total. The Morgan fingerprint density at radius 1 is 1.04 bits per heavy atom. The Bertz CT molecular complexity index is 681. The third-order valence-electron chi connectivity index (χ3n) is 4.83. The molecule has 1 saturated carbocycles. The van der Waals surface area contributed by atoms with Gasteiger partial charge in [-0.15, -0.1) is 0 Å². The molecule has 0 amide bonds. The standard InChI is InChI=1S/C17H27N3O4S/c1-12-17(19-11-16(20-12)25(2,21)22)24-14-5-3-13(4-6-14)23-15-7-9-18-10-8-15/h11,13-15,18H,3-10H2,1-2H3/t13-,14-. The molecule has 2 heterocycles. The van der Waals surface area contributed by atoms with Crippen LogP contribution in [0.3, 0.4) is 0 Å². The maximum absolute atomic E-state index is 11.5. The zero-order chi connectivity index (χ0) is 17.9. The summed E-state index contributed by atoms with van der Waals surface area (Å²) in [7, 11) is -3.35. The first-order valence-corrected chi connectivity index (χ1v) is 10.9. The molecule has 2 fully saturated rings. The highest BCUT2D eigenvalue weighted by atomic mass is 32.2. The van der Waals surface area contributed by atoms with Crippen molar-refractivity contribution in [2.24, 2.45) is 0 Å². The minimum Gasteiger partial charge on any atom is -0.473 e. The minimum absolute atomic E-state index is 0.0172. The van der Waals surface area contributed by atoms with E-state index in [-0.39, 0.29) is 11.1 Å². The third kappa shape index (κ3) is 5.12. The maximum Gasteiger partial charge on any atom is 0.235 e. The van der Waals surface area contributed by atoms with E-state index in [9.17, 15) is 8.42 Å². The van der Waals surface area contributed by atoms with Crippen LogP contribution in [-0.2, 0) is 14.6 Å². The highest BCUT2D eigenvalue weighted by Crippen LogP contribution is 2.27. The van der Waals surface area contributed by atoms with Crippen LogP contribution in [0, 0.1) is 6.92 Å². The summed E-state index contributed by atoms with van der Waals surface area (Å²) in [6.07, 6.45) is 9.20. The number of rotatable bonds is 5. The van der Waals surface area contributed by atoms with E-state index in [0.717, 1.165) is 57.9 Å². The van der Waals surface area contributed by atoms with E-state index in [0.29, 0.717) is 23.8 Å². The monoisotopic (exact) mass is 369 g/mol. The molecule has 1 aromatic rings. The second kappa shape index (κ2) is 7.97. The van der Waals surface area contributed by atoms with Crippen molar-refractivity contribution in [1.82, 2.24) is 15.3 Å². The highest BCUT2D eigenvalue weighted by molar-refractivity contribution is 7.90. The van der Waals surface area contributed by atoms with E-state index in [2.05, 4.69) is 15.3 Å². The largest absolute Gasteiger partial charge is 0.473 e. The number of ether oxygens (including phenoxy) is 2. The zero-order valence-corrected chi connectivity index (χ0v) is 15.7. The van der Waals surface area contributed by atoms with Gasteiger partial charge in [0.1, 0.15) is 11.8 Å². The Morgan fingerprint density at radius 2 is 1.64 bits per heavy atom. The lowest BCUT2D eigenvalue weighted by Gasteiger charge is -2.33. The smallest absolute Gasteiger partial charge is 0.235 e. The van der Waals surface area contributed by atoms with Gasteiger partial charge in [0.2, 0.25) is 5.88 Å². The van der Waals surface area contributed by atoms with Crippen molar-refractivity contribution in [1.29, 1.82) is 0 Å². The number of hydrogen-bond donors (Lipinski definition) is 1. The Kier molecular flexibility index (Phi) is 5.91. The summed E-state index contributed by atoms with van der Waals surface area (Å²) in [6.45, 7) is 3.82. The predicted molar refractivity (Wildman–Crippen MR) is 93.5 cm³/mol. The van der Waals surface area contributed by atoms with Gasteiger partial charge in [-0.3, -0.25) is 0 Å². The fourth-order valence-corrected chi connectivity index (χ4v) is 3.94. The van der Waals surface area contributed by atoms with Crippen LogP contribution >= 0.6 is 0 Å². The normalized spacial score (nSPS) is 25.7. The van der Waals surface area contributed by atoms with E-state index in [1.165, 1.54) is 6.20 Å². The second-order valence-electron chi connectivity index (χ2n) is 6.97. The van der Waals surface area contributed by atoms with Gasteiger partial charge in [-0.1, -0.05) is 0 Å². The van der Waals surface area contributed by atoms with Gasteiger partial charge >= 0.3 is 0 Å². The summed E-state index contributed by atoms with van der Waals surface area (Å²) < 4.78 is 35.2. The second-order valence-corrected chi connectivity index (χ2v) is 8.94. The fourth-order valence-electron chi connectivity index (χ4n) is 3.39. The molecule has 0 bridgehead atoms. The van der Waals surface area contributed by atoms with Crippen molar-refractivity contribution >= 4 is 9.84 Å². The molecule has 1 aliphatic carbocycles. The highest BCUT2D eigenvalue weighted by Gasteiger charge is 2.27. The van der Waals surface area contributed by atoms with Gasteiger partial charge in [-0.25, -0.2) is 18.4 Å². The average molecular weight is 369 g/mol. The molecule has 0 unspecified atom stereocenters. The molecule has 0 aromatic carbocycles. The van der Waals surface area contributed by atoms with Crippen LogP contribution in [0.4, 0.5) is 0 Å². The van der Waals surface area contributed by atoms with Crippen LogP contribution in [0.15, 0.2) is 11.2 Å². The number of piperidine rings is 1. The summed E-state index contributed by atoms with van der Waals surface area (Å²) in [6, 6.07) is 0. The van der Waals surface area contributed by atoms with Crippen molar-refractivity contribution < 1.29 is 17.9 Å². The number of nitrogens with zero attached hydrogens (tertiary/aromatic N) is 2. The summed E-state index contributed by atoms with van der Waals surface area (Å²) in [4.78, 5) is 8.25. The van der Waals surface area contributed by atoms with Crippen LogP contribution in [0.1, 0.15) is 44.2 Å². The van der Waals surface area contributed by atoms with E-state index < -0.39 is 9.84 Å². The van der Waals surface area contributed by atoms with Gasteiger partial charge in [-0.2, -0.15) is 0 Å². The van der Waals surface area contributed by atoms with Crippen molar-refractivity contribution in [3.63, 3.8) is 0 Å². The van der Waals surface area contributed by atoms with Crippen LogP contribution in [0.5, 0.6) is 5.88 Å². The van der Waals surface area contributed by atoms with Crippen molar-refractivity contribution in [2.45, 2.75) is 68.8 Å². The lowest BCUT2D eigenvalue weighted by atomic mass is 9.94. The van der Waals surface area contributed by atoms with Gasteiger partial charge in [0.25, 0.3) is 0 Å². The Morgan fingerprint density at radius 3 is 2.24 bits per heavy atom. The molecule has 0 radical (unpaired) electrons.